The zero-order valence-corrected chi connectivity index (χ0v) is 27.2. The number of aromatic hydroxyl groups is 1. The number of fused-ring (bicyclic) bond motifs is 7. The van der Waals surface area contributed by atoms with E-state index < -0.39 is 5.67 Å². The Hall–Kier alpha value is -2.44. The van der Waals surface area contributed by atoms with Crippen molar-refractivity contribution in [3.8, 4) is 11.8 Å². The van der Waals surface area contributed by atoms with Gasteiger partial charge >= 0.3 is 6.01 Å². The maximum atomic E-state index is 16.0. The van der Waals surface area contributed by atoms with Gasteiger partial charge in [0, 0.05) is 70.5 Å². The number of hydrogen-bond acceptors (Lipinski definition) is 8. The van der Waals surface area contributed by atoms with Crippen molar-refractivity contribution in [2.75, 3.05) is 42.6 Å². The minimum atomic E-state index is -1.08. The molecule has 232 valence electrons. The summed E-state index contributed by atoms with van der Waals surface area (Å²) in [5.74, 6) is 1.29. The molecule has 44 heavy (non-hydrogen) atoms. The Balaban J connectivity index is 1.07. The Morgan fingerprint density at radius 3 is 2.77 bits per heavy atom. The van der Waals surface area contributed by atoms with Crippen molar-refractivity contribution < 1.29 is 14.2 Å². The molecule has 4 saturated heterocycles. The largest absolute Gasteiger partial charge is 0.508 e. The summed E-state index contributed by atoms with van der Waals surface area (Å²) in [7, 11) is 0. The Morgan fingerprint density at radius 2 is 1.91 bits per heavy atom. The van der Waals surface area contributed by atoms with Crippen molar-refractivity contribution in [3.63, 3.8) is 0 Å². The number of phenolic OH excluding ortho intramolecular Hbond substituents is 1. The van der Waals surface area contributed by atoms with Gasteiger partial charge < -0.3 is 25.0 Å². The van der Waals surface area contributed by atoms with Crippen molar-refractivity contribution in [2.45, 2.75) is 93.7 Å². The number of nitrogens with zero attached hydrogens (tertiary/aromatic N) is 5. The second-order valence-corrected chi connectivity index (χ2v) is 15.4. The summed E-state index contributed by atoms with van der Waals surface area (Å²) in [5, 5.41) is 16.6. The van der Waals surface area contributed by atoms with Gasteiger partial charge in [0.05, 0.1) is 17.8 Å². The zero-order valence-electron chi connectivity index (χ0n) is 25.1. The fraction of sp³-hybridized carbons (Fsp3) is 0.588. The minimum absolute atomic E-state index is 0.0402. The van der Waals surface area contributed by atoms with Crippen LogP contribution in [0.3, 0.4) is 0 Å². The summed E-state index contributed by atoms with van der Waals surface area (Å²) in [6.45, 7) is 4.75. The topological polar surface area (TPSA) is 77.0 Å². The number of benzene rings is 2. The lowest BCUT2D eigenvalue weighted by Gasteiger charge is -2.38. The molecule has 2 N–H and O–H groups in total. The number of halogens is 2. The second kappa shape index (κ2) is 10.3. The first-order valence-electron chi connectivity index (χ1n) is 16.5. The Morgan fingerprint density at radius 1 is 1.05 bits per heavy atom. The van der Waals surface area contributed by atoms with Crippen LogP contribution < -0.4 is 19.9 Å². The Labute approximate surface area is 271 Å². The molecule has 0 amide bonds. The van der Waals surface area contributed by atoms with Gasteiger partial charge in [-0.1, -0.05) is 12.1 Å². The summed E-state index contributed by atoms with van der Waals surface area (Å²) in [6.07, 6.45) is 8.52. The quantitative estimate of drug-likeness (QED) is 0.345. The van der Waals surface area contributed by atoms with Crippen LogP contribution in [0.25, 0.3) is 10.8 Å². The van der Waals surface area contributed by atoms with E-state index in [1.54, 1.807) is 0 Å². The van der Waals surface area contributed by atoms with Gasteiger partial charge in [0.2, 0.25) is 0 Å². The van der Waals surface area contributed by atoms with Gasteiger partial charge in [-0.2, -0.15) is 9.97 Å². The fourth-order valence-corrected chi connectivity index (χ4v) is 10.5. The molecule has 5 atom stereocenters. The van der Waals surface area contributed by atoms with Crippen molar-refractivity contribution in [2.24, 2.45) is 0 Å². The van der Waals surface area contributed by atoms with Crippen molar-refractivity contribution in [1.29, 1.82) is 0 Å². The molecule has 0 spiro atoms. The smallest absolute Gasteiger partial charge is 0.318 e. The van der Waals surface area contributed by atoms with Gasteiger partial charge in [0.15, 0.2) is 0 Å². The average molecular weight is 711 g/mol. The van der Waals surface area contributed by atoms with E-state index in [9.17, 15) is 5.11 Å². The summed E-state index contributed by atoms with van der Waals surface area (Å²) in [4.78, 5) is 17.5. The normalized spacial score (nSPS) is 32.7. The first-order valence-corrected chi connectivity index (χ1v) is 17.6. The van der Waals surface area contributed by atoms with Gasteiger partial charge in [0.25, 0.3) is 0 Å². The number of piperazine rings is 1. The molecule has 2 aromatic carbocycles. The number of aromatic nitrogens is 2. The van der Waals surface area contributed by atoms with Crippen LogP contribution in [0, 0.1) is 3.57 Å². The molecule has 6 heterocycles. The van der Waals surface area contributed by atoms with Crippen LogP contribution in [-0.2, 0) is 13.0 Å². The molecular weight excluding hydrogens is 670 g/mol. The van der Waals surface area contributed by atoms with E-state index in [0.29, 0.717) is 44.1 Å². The minimum Gasteiger partial charge on any atom is -0.508 e. The molecule has 9 rings (SSSR count). The molecule has 2 bridgehead atoms. The molecule has 5 unspecified atom stereocenters. The standard InChI is InChI=1S/C34H40FIN6O2/c35-34-11-2-6-29(34)42-12-3-10-33(42,19-34)20-44-32-38-27-18-40(28-15-24(43)14-21-4-1-5-26(36)30(21)28)13-9-25(27)31(39-32)41-16-22-7-8-23(17-41)37-22/h1,4-5,14-15,22-23,29,37,43H,2-3,6-13,16-20H2. The number of hydrogen-bond donors (Lipinski definition) is 2. The first-order chi connectivity index (χ1) is 21.4. The second-order valence-electron chi connectivity index (χ2n) is 14.2. The summed E-state index contributed by atoms with van der Waals surface area (Å²) >= 11 is 2.40. The van der Waals surface area contributed by atoms with Crippen LogP contribution in [0.15, 0.2) is 30.3 Å². The lowest BCUT2D eigenvalue weighted by Crippen LogP contribution is -2.52. The summed E-state index contributed by atoms with van der Waals surface area (Å²) < 4.78 is 23.8. The van der Waals surface area contributed by atoms with Crippen molar-refractivity contribution >= 4 is 44.9 Å². The number of ether oxygens (including phenoxy) is 1. The molecule has 5 aliphatic heterocycles. The summed E-state index contributed by atoms with van der Waals surface area (Å²) in [6, 6.07) is 11.4. The number of alkyl halides is 1. The third-order valence-electron chi connectivity index (χ3n) is 11.6. The van der Waals surface area contributed by atoms with Crippen LogP contribution in [0.1, 0.15) is 62.6 Å². The lowest BCUT2D eigenvalue weighted by atomic mass is 9.88. The lowest BCUT2D eigenvalue weighted by molar-refractivity contribution is 0.0808. The number of rotatable bonds is 5. The number of nitrogens with one attached hydrogen (secondary N) is 1. The highest BCUT2D eigenvalue weighted by atomic mass is 127. The molecule has 1 aromatic heterocycles. The van der Waals surface area contributed by atoms with E-state index in [2.05, 4.69) is 54.7 Å². The van der Waals surface area contributed by atoms with Crippen LogP contribution in [0.2, 0.25) is 0 Å². The van der Waals surface area contributed by atoms with E-state index in [0.717, 1.165) is 89.8 Å². The van der Waals surface area contributed by atoms with E-state index in [4.69, 9.17) is 14.7 Å². The van der Waals surface area contributed by atoms with Crippen LogP contribution in [0.4, 0.5) is 15.9 Å². The molecule has 6 aliphatic rings. The van der Waals surface area contributed by atoms with Crippen molar-refractivity contribution in [1.82, 2.24) is 20.2 Å². The monoisotopic (exact) mass is 710 g/mol. The van der Waals surface area contributed by atoms with Crippen LogP contribution >= 0.6 is 22.6 Å². The molecule has 1 saturated carbocycles. The van der Waals surface area contributed by atoms with Crippen molar-refractivity contribution in [3.05, 3.63) is 45.2 Å². The predicted octanol–water partition coefficient (Wildman–Crippen LogP) is 5.32. The van der Waals surface area contributed by atoms with E-state index in [1.807, 2.05) is 18.2 Å². The maximum absolute atomic E-state index is 16.0. The van der Waals surface area contributed by atoms with Crippen LogP contribution in [0.5, 0.6) is 11.8 Å². The van der Waals surface area contributed by atoms with Gasteiger partial charge in [-0.25, -0.2) is 4.39 Å². The highest BCUT2D eigenvalue weighted by Crippen LogP contribution is 2.55. The molecule has 8 nitrogen and oxygen atoms in total. The van der Waals surface area contributed by atoms with Gasteiger partial charge in [-0.3, -0.25) is 4.90 Å². The van der Waals surface area contributed by atoms with E-state index >= 15 is 4.39 Å². The fourth-order valence-electron chi connectivity index (χ4n) is 9.73. The van der Waals surface area contributed by atoms with Gasteiger partial charge in [-0.05, 0) is 98.0 Å². The summed E-state index contributed by atoms with van der Waals surface area (Å²) in [5.41, 5.74) is 1.91. The molecule has 3 aromatic rings. The highest BCUT2D eigenvalue weighted by Gasteiger charge is 2.63. The molecule has 1 aliphatic carbocycles. The highest BCUT2D eigenvalue weighted by molar-refractivity contribution is 14.1. The first kappa shape index (κ1) is 27.8. The SMILES string of the molecule is Oc1cc(N2CCc3c(nc(OCC45CCCN4C4CCCC4(F)C5)nc3N3CC4CCC(C3)N4)C2)c2c(I)cccc2c1. The number of anilines is 2. The molecule has 5 fully saturated rings. The molecular formula is C34H40FIN6O2. The predicted molar refractivity (Wildman–Crippen MR) is 178 cm³/mol. The third-order valence-corrected chi connectivity index (χ3v) is 12.5. The Kier molecular flexibility index (Phi) is 6.51. The average Bonchev–Trinajstić information content (AvgIpc) is 3.73. The third kappa shape index (κ3) is 4.40. The Bertz CT molecular complexity index is 1630. The number of phenols is 1. The molecule has 10 heteroatoms. The maximum Gasteiger partial charge on any atom is 0.318 e. The van der Waals surface area contributed by atoms with E-state index in [1.165, 1.54) is 18.4 Å². The van der Waals surface area contributed by atoms with E-state index in [-0.39, 0.29) is 17.3 Å². The van der Waals surface area contributed by atoms with Gasteiger partial charge in [-0.15, -0.1) is 0 Å². The van der Waals surface area contributed by atoms with Gasteiger partial charge in [0.1, 0.15) is 23.8 Å². The zero-order chi connectivity index (χ0) is 29.6. The van der Waals surface area contributed by atoms with Crippen LogP contribution in [-0.4, -0.2) is 82.1 Å². The molecule has 0 radical (unpaired) electrons.